The van der Waals surface area contributed by atoms with Crippen molar-refractivity contribution in [1.82, 2.24) is 0 Å². The normalized spacial score (nSPS) is 10.4. The van der Waals surface area contributed by atoms with E-state index in [0.717, 1.165) is 5.39 Å². The maximum absolute atomic E-state index is 12.2. The lowest BCUT2D eigenvalue weighted by atomic mass is 10.2. The summed E-state index contributed by atoms with van der Waals surface area (Å²) in [4.78, 5) is 22.8. The van der Waals surface area contributed by atoms with E-state index in [-0.39, 0.29) is 18.3 Å². The van der Waals surface area contributed by atoms with Gasteiger partial charge in [0.2, 0.25) is 0 Å². The minimum Gasteiger partial charge on any atom is -0.484 e. The molecule has 116 valence electrons. The van der Waals surface area contributed by atoms with Crippen LogP contribution >= 0.6 is 0 Å². The molecule has 0 unspecified atom stereocenters. The third kappa shape index (κ3) is 3.49. The molecule has 1 heterocycles. The van der Waals surface area contributed by atoms with Gasteiger partial charge in [0.05, 0.1) is 0 Å². The Hall–Kier alpha value is -3.28. The molecule has 0 atom stereocenters. The highest BCUT2D eigenvalue weighted by atomic mass is 16.5. The lowest BCUT2D eigenvalue weighted by Crippen LogP contribution is -2.20. The zero-order chi connectivity index (χ0) is 16.2. The number of ether oxygens (including phenoxy) is 1. The molecule has 0 saturated carbocycles. The molecule has 0 aliphatic rings. The summed E-state index contributed by atoms with van der Waals surface area (Å²) in [7, 11) is 0. The molecule has 1 aromatic heterocycles. The molecule has 0 spiro atoms. The average Bonchev–Trinajstić information content (AvgIpc) is 2.98. The Kier molecular flexibility index (Phi) is 3.97. The zero-order valence-electron chi connectivity index (χ0n) is 12.1. The number of carbonyl (C=O) groups is 2. The number of nitrogens with two attached hydrogens (primary N) is 1. The average molecular weight is 310 g/mol. The van der Waals surface area contributed by atoms with E-state index in [1.165, 1.54) is 0 Å². The van der Waals surface area contributed by atoms with Gasteiger partial charge in [-0.15, -0.1) is 0 Å². The van der Waals surface area contributed by atoms with E-state index in [9.17, 15) is 9.59 Å². The summed E-state index contributed by atoms with van der Waals surface area (Å²) in [6.45, 7) is -0.190. The van der Waals surface area contributed by atoms with E-state index < -0.39 is 5.91 Å². The van der Waals surface area contributed by atoms with Crippen LogP contribution in [-0.4, -0.2) is 18.4 Å². The van der Waals surface area contributed by atoms with Gasteiger partial charge in [0, 0.05) is 11.1 Å². The fraction of sp³-hybridized carbons (Fsp3) is 0.0588. The maximum atomic E-state index is 12.2. The molecular formula is C17H14N2O4. The van der Waals surface area contributed by atoms with Crippen LogP contribution < -0.4 is 15.8 Å². The summed E-state index contributed by atoms with van der Waals surface area (Å²) in [5.74, 6) is -0.162. The van der Waals surface area contributed by atoms with Gasteiger partial charge in [0.1, 0.15) is 11.3 Å². The molecule has 0 aliphatic carbocycles. The van der Waals surface area contributed by atoms with Crippen LogP contribution in [0.15, 0.2) is 59.0 Å². The fourth-order valence-corrected chi connectivity index (χ4v) is 2.08. The molecule has 3 aromatic rings. The quantitative estimate of drug-likeness (QED) is 0.757. The number of benzene rings is 2. The lowest BCUT2D eigenvalue weighted by molar-refractivity contribution is -0.119. The summed E-state index contributed by atoms with van der Waals surface area (Å²) in [6, 6.07) is 15.7. The van der Waals surface area contributed by atoms with Crippen LogP contribution in [0.3, 0.4) is 0 Å². The number of para-hydroxylation sites is 1. The van der Waals surface area contributed by atoms with Crippen molar-refractivity contribution in [2.24, 2.45) is 5.73 Å². The molecule has 2 amide bonds. The second-order valence-electron chi connectivity index (χ2n) is 4.88. The minimum absolute atomic E-state index is 0.190. The second-order valence-corrected chi connectivity index (χ2v) is 4.88. The first-order chi connectivity index (χ1) is 11.1. The van der Waals surface area contributed by atoms with Crippen LogP contribution in [0, 0.1) is 0 Å². The van der Waals surface area contributed by atoms with Crippen molar-refractivity contribution in [3.8, 4) is 5.75 Å². The van der Waals surface area contributed by atoms with E-state index in [0.29, 0.717) is 17.0 Å². The predicted octanol–water partition coefficient (Wildman–Crippen LogP) is 2.55. The molecule has 0 aliphatic heterocycles. The number of amides is 2. The molecule has 6 heteroatoms. The first-order valence-corrected chi connectivity index (χ1v) is 6.93. The Labute approximate surface area is 131 Å². The molecule has 3 N–H and O–H groups in total. The molecule has 0 saturated heterocycles. The third-order valence-electron chi connectivity index (χ3n) is 3.14. The monoisotopic (exact) mass is 310 g/mol. The zero-order valence-corrected chi connectivity index (χ0v) is 12.1. The van der Waals surface area contributed by atoms with E-state index >= 15 is 0 Å². The first kappa shape index (κ1) is 14.6. The van der Waals surface area contributed by atoms with Gasteiger partial charge < -0.3 is 20.2 Å². The lowest BCUT2D eigenvalue weighted by Gasteiger charge is -2.06. The molecule has 2 aromatic carbocycles. The van der Waals surface area contributed by atoms with Crippen molar-refractivity contribution in [2.75, 3.05) is 11.9 Å². The van der Waals surface area contributed by atoms with Crippen LogP contribution in [0.2, 0.25) is 0 Å². The summed E-state index contributed by atoms with van der Waals surface area (Å²) in [5.41, 5.74) is 6.25. The highest BCUT2D eigenvalue weighted by molar-refractivity contribution is 6.04. The number of fused-ring (bicyclic) bond motifs is 1. The number of hydrogen-bond donors (Lipinski definition) is 2. The number of furan rings is 1. The highest BCUT2D eigenvalue weighted by Gasteiger charge is 2.12. The Morgan fingerprint density at radius 3 is 2.52 bits per heavy atom. The van der Waals surface area contributed by atoms with Gasteiger partial charge in [-0.25, -0.2) is 0 Å². The number of hydrogen-bond acceptors (Lipinski definition) is 4. The SMILES string of the molecule is NC(=O)COc1ccc(NC(=O)c2cc3ccccc3o2)cc1. The van der Waals surface area contributed by atoms with Crippen LogP contribution in [0.5, 0.6) is 5.75 Å². The van der Waals surface area contributed by atoms with Gasteiger partial charge in [0.15, 0.2) is 12.4 Å². The van der Waals surface area contributed by atoms with Crippen LogP contribution in [-0.2, 0) is 4.79 Å². The van der Waals surface area contributed by atoms with E-state index in [1.807, 2.05) is 18.2 Å². The van der Waals surface area contributed by atoms with Gasteiger partial charge in [-0.05, 0) is 36.4 Å². The molecular weight excluding hydrogens is 296 g/mol. The number of rotatable bonds is 5. The van der Waals surface area contributed by atoms with Crippen molar-refractivity contribution in [3.63, 3.8) is 0 Å². The predicted molar refractivity (Wildman–Crippen MR) is 85.3 cm³/mol. The number of nitrogens with one attached hydrogen (secondary N) is 1. The van der Waals surface area contributed by atoms with Gasteiger partial charge in [0.25, 0.3) is 11.8 Å². The number of primary amides is 1. The Morgan fingerprint density at radius 1 is 1.09 bits per heavy atom. The molecule has 3 rings (SSSR count). The third-order valence-corrected chi connectivity index (χ3v) is 3.14. The molecule has 0 radical (unpaired) electrons. The summed E-state index contributed by atoms with van der Waals surface area (Å²) < 4.78 is 10.6. The molecule has 23 heavy (non-hydrogen) atoms. The van der Waals surface area contributed by atoms with E-state index in [4.69, 9.17) is 14.9 Å². The first-order valence-electron chi connectivity index (χ1n) is 6.93. The van der Waals surface area contributed by atoms with Crippen molar-refractivity contribution >= 4 is 28.5 Å². The number of anilines is 1. The van der Waals surface area contributed by atoms with Crippen LogP contribution in [0.25, 0.3) is 11.0 Å². The van der Waals surface area contributed by atoms with E-state index in [1.54, 1.807) is 36.4 Å². The Morgan fingerprint density at radius 2 is 1.83 bits per heavy atom. The Balaban J connectivity index is 1.68. The van der Waals surface area contributed by atoms with Gasteiger partial charge in [-0.2, -0.15) is 0 Å². The van der Waals surface area contributed by atoms with Crippen LogP contribution in [0.4, 0.5) is 5.69 Å². The molecule has 0 bridgehead atoms. The largest absolute Gasteiger partial charge is 0.484 e. The minimum atomic E-state index is -0.549. The molecule has 0 fully saturated rings. The van der Waals surface area contributed by atoms with Crippen molar-refractivity contribution in [3.05, 3.63) is 60.4 Å². The van der Waals surface area contributed by atoms with Crippen molar-refractivity contribution in [1.29, 1.82) is 0 Å². The van der Waals surface area contributed by atoms with E-state index in [2.05, 4.69) is 5.32 Å². The Bertz CT molecular complexity index is 819. The maximum Gasteiger partial charge on any atom is 0.291 e. The fourth-order valence-electron chi connectivity index (χ4n) is 2.08. The second kappa shape index (κ2) is 6.23. The van der Waals surface area contributed by atoms with Crippen LogP contribution in [0.1, 0.15) is 10.6 Å². The van der Waals surface area contributed by atoms with Gasteiger partial charge in [-0.3, -0.25) is 9.59 Å². The topological polar surface area (TPSA) is 94.6 Å². The van der Waals surface area contributed by atoms with Gasteiger partial charge in [-0.1, -0.05) is 18.2 Å². The van der Waals surface area contributed by atoms with Crippen molar-refractivity contribution in [2.45, 2.75) is 0 Å². The van der Waals surface area contributed by atoms with Gasteiger partial charge >= 0.3 is 0 Å². The smallest absolute Gasteiger partial charge is 0.291 e. The summed E-state index contributed by atoms with van der Waals surface area (Å²) in [6.07, 6.45) is 0. The summed E-state index contributed by atoms with van der Waals surface area (Å²) in [5, 5.41) is 3.60. The summed E-state index contributed by atoms with van der Waals surface area (Å²) >= 11 is 0. The molecule has 6 nitrogen and oxygen atoms in total. The standard InChI is InChI=1S/C17H14N2O4/c18-16(20)10-22-13-7-5-12(6-8-13)19-17(21)15-9-11-3-1-2-4-14(11)23-15/h1-9H,10H2,(H2,18,20)(H,19,21). The number of carbonyl (C=O) groups excluding carboxylic acids is 2. The highest BCUT2D eigenvalue weighted by Crippen LogP contribution is 2.21. The van der Waals surface area contributed by atoms with Crippen molar-refractivity contribution < 1.29 is 18.7 Å².